The number of nitrogens with zero attached hydrogens (tertiary/aromatic N) is 2. The van der Waals surface area contributed by atoms with Gasteiger partial charge in [-0.25, -0.2) is 4.68 Å². The zero-order valence-electron chi connectivity index (χ0n) is 12.1. The van der Waals surface area contributed by atoms with E-state index in [9.17, 15) is 0 Å². The molecule has 3 heteroatoms. The van der Waals surface area contributed by atoms with Crippen LogP contribution in [-0.4, -0.2) is 16.3 Å². The molecule has 5 unspecified atom stereocenters. The maximum absolute atomic E-state index is 5.01. The number of hydrogen-bond donors (Lipinski definition) is 1. The van der Waals surface area contributed by atoms with Gasteiger partial charge in [-0.05, 0) is 43.4 Å². The molecule has 3 aliphatic rings. The van der Waals surface area contributed by atoms with Crippen LogP contribution >= 0.6 is 0 Å². The highest BCUT2D eigenvalue weighted by Gasteiger charge is 2.42. The highest BCUT2D eigenvalue weighted by Crippen LogP contribution is 2.53. The predicted octanol–water partition coefficient (Wildman–Crippen LogP) is 3.80. The fourth-order valence-electron chi connectivity index (χ4n) is 4.80. The molecule has 2 aliphatic carbocycles. The van der Waals surface area contributed by atoms with Gasteiger partial charge in [-0.1, -0.05) is 20.3 Å². The smallest absolute Gasteiger partial charge is 0.124 e. The highest BCUT2D eigenvalue weighted by atomic mass is 15.4. The van der Waals surface area contributed by atoms with E-state index in [0.717, 1.165) is 24.3 Å². The third-order valence-electron chi connectivity index (χ3n) is 5.87. The first kappa shape index (κ1) is 11.8. The van der Waals surface area contributed by atoms with Crippen LogP contribution in [0.25, 0.3) is 0 Å². The van der Waals surface area contributed by atoms with Crippen molar-refractivity contribution in [2.45, 2.75) is 57.9 Å². The molecule has 1 aromatic rings. The van der Waals surface area contributed by atoms with Crippen molar-refractivity contribution >= 4 is 5.82 Å². The SMILES string of the molecule is CCC1C(C)CNc2cc(C3CC4CCC3C4)nn21. The van der Waals surface area contributed by atoms with Crippen molar-refractivity contribution in [1.82, 2.24) is 9.78 Å². The van der Waals surface area contributed by atoms with Gasteiger partial charge in [0.2, 0.25) is 0 Å². The van der Waals surface area contributed by atoms with E-state index < -0.39 is 0 Å². The van der Waals surface area contributed by atoms with Crippen molar-refractivity contribution in [3.63, 3.8) is 0 Å². The summed E-state index contributed by atoms with van der Waals surface area (Å²) in [6.07, 6.45) is 6.97. The van der Waals surface area contributed by atoms with Gasteiger partial charge in [0, 0.05) is 18.5 Å². The molecule has 4 rings (SSSR count). The van der Waals surface area contributed by atoms with Crippen LogP contribution in [0.2, 0.25) is 0 Å². The van der Waals surface area contributed by atoms with Crippen LogP contribution in [0.3, 0.4) is 0 Å². The number of hydrogen-bond acceptors (Lipinski definition) is 2. The molecule has 0 radical (unpaired) electrons. The van der Waals surface area contributed by atoms with E-state index in [1.807, 2.05) is 0 Å². The lowest BCUT2D eigenvalue weighted by Gasteiger charge is -2.30. The van der Waals surface area contributed by atoms with Crippen molar-refractivity contribution in [1.29, 1.82) is 0 Å². The van der Waals surface area contributed by atoms with Crippen molar-refractivity contribution in [2.24, 2.45) is 17.8 Å². The van der Waals surface area contributed by atoms with E-state index in [4.69, 9.17) is 5.10 Å². The molecule has 2 bridgehead atoms. The Kier molecular flexibility index (Phi) is 2.64. The Morgan fingerprint density at radius 3 is 2.95 bits per heavy atom. The second-order valence-corrected chi connectivity index (χ2v) is 7.01. The molecule has 0 aromatic carbocycles. The van der Waals surface area contributed by atoms with Gasteiger partial charge >= 0.3 is 0 Å². The highest BCUT2D eigenvalue weighted by molar-refractivity contribution is 5.41. The maximum Gasteiger partial charge on any atom is 0.124 e. The summed E-state index contributed by atoms with van der Waals surface area (Å²) in [5.74, 6) is 4.64. The standard InChI is InChI=1S/C16H25N3/c1-3-15-10(2)9-17-16-8-14(18-19(15)16)13-7-11-4-5-12(13)6-11/h8,10-13,15,17H,3-7,9H2,1-2H3. The average Bonchev–Trinajstić information content (AvgIpc) is 3.12. The Hall–Kier alpha value is -0.990. The van der Waals surface area contributed by atoms with E-state index in [0.29, 0.717) is 12.0 Å². The lowest BCUT2D eigenvalue weighted by atomic mass is 9.86. The molecule has 5 atom stereocenters. The van der Waals surface area contributed by atoms with Gasteiger partial charge in [0.05, 0.1) is 11.7 Å². The predicted molar refractivity (Wildman–Crippen MR) is 77.4 cm³/mol. The molecule has 0 spiro atoms. The van der Waals surface area contributed by atoms with Gasteiger partial charge < -0.3 is 5.32 Å². The third-order valence-corrected chi connectivity index (χ3v) is 5.87. The minimum atomic E-state index is 0.587. The Bertz CT molecular complexity index is 478. The van der Waals surface area contributed by atoms with Gasteiger partial charge in [0.15, 0.2) is 0 Å². The Balaban J connectivity index is 1.65. The summed E-state index contributed by atoms with van der Waals surface area (Å²) in [7, 11) is 0. The molecule has 3 nitrogen and oxygen atoms in total. The lowest BCUT2D eigenvalue weighted by molar-refractivity contribution is 0.308. The first-order valence-corrected chi connectivity index (χ1v) is 8.09. The van der Waals surface area contributed by atoms with Gasteiger partial charge in [-0.15, -0.1) is 0 Å². The number of nitrogens with one attached hydrogen (secondary N) is 1. The van der Waals surface area contributed by atoms with Crippen molar-refractivity contribution in [3.8, 4) is 0 Å². The Morgan fingerprint density at radius 2 is 2.26 bits per heavy atom. The second kappa shape index (κ2) is 4.26. The van der Waals surface area contributed by atoms with E-state index in [1.54, 1.807) is 0 Å². The molecule has 104 valence electrons. The zero-order valence-corrected chi connectivity index (χ0v) is 12.1. The van der Waals surface area contributed by atoms with Gasteiger partial charge in [0.25, 0.3) is 0 Å². The molecule has 1 aliphatic heterocycles. The molecule has 0 saturated heterocycles. The molecular formula is C16H25N3. The second-order valence-electron chi connectivity index (χ2n) is 7.01. The number of anilines is 1. The maximum atomic E-state index is 5.01. The first-order valence-electron chi connectivity index (χ1n) is 8.09. The molecule has 19 heavy (non-hydrogen) atoms. The monoisotopic (exact) mass is 259 g/mol. The van der Waals surface area contributed by atoms with E-state index in [-0.39, 0.29) is 0 Å². The number of rotatable bonds is 2. The summed E-state index contributed by atoms with van der Waals surface area (Å²) < 4.78 is 2.29. The molecule has 1 aromatic heterocycles. The van der Waals surface area contributed by atoms with Crippen molar-refractivity contribution in [2.75, 3.05) is 11.9 Å². The lowest BCUT2D eigenvalue weighted by Crippen LogP contribution is -2.30. The zero-order chi connectivity index (χ0) is 13.0. The Labute approximate surface area is 115 Å². The van der Waals surface area contributed by atoms with Gasteiger partial charge in [-0.3, -0.25) is 0 Å². The van der Waals surface area contributed by atoms with Crippen LogP contribution in [-0.2, 0) is 0 Å². The summed E-state index contributed by atoms with van der Waals surface area (Å²) in [6, 6.07) is 2.93. The number of aromatic nitrogens is 2. The van der Waals surface area contributed by atoms with Crippen LogP contribution < -0.4 is 5.32 Å². The molecular weight excluding hydrogens is 234 g/mol. The molecule has 2 saturated carbocycles. The minimum absolute atomic E-state index is 0.587. The summed E-state index contributed by atoms with van der Waals surface area (Å²) >= 11 is 0. The first-order chi connectivity index (χ1) is 9.26. The molecule has 2 fully saturated rings. The molecule has 2 heterocycles. The van der Waals surface area contributed by atoms with Crippen LogP contribution in [0, 0.1) is 17.8 Å². The fourth-order valence-corrected chi connectivity index (χ4v) is 4.80. The normalized spacial score (nSPS) is 40.2. The minimum Gasteiger partial charge on any atom is -0.370 e. The largest absolute Gasteiger partial charge is 0.370 e. The van der Waals surface area contributed by atoms with Crippen molar-refractivity contribution in [3.05, 3.63) is 11.8 Å². The Morgan fingerprint density at radius 1 is 1.37 bits per heavy atom. The van der Waals surface area contributed by atoms with Crippen molar-refractivity contribution < 1.29 is 0 Å². The molecule has 0 amide bonds. The summed E-state index contributed by atoms with van der Waals surface area (Å²) in [6.45, 7) is 5.72. The summed E-state index contributed by atoms with van der Waals surface area (Å²) in [5.41, 5.74) is 1.38. The number of fused-ring (bicyclic) bond motifs is 3. The summed E-state index contributed by atoms with van der Waals surface area (Å²) in [5, 5.41) is 8.57. The quantitative estimate of drug-likeness (QED) is 0.875. The van der Waals surface area contributed by atoms with E-state index >= 15 is 0 Å². The van der Waals surface area contributed by atoms with Crippen LogP contribution in [0.5, 0.6) is 0 Å². The van der Waals surface area contributed by atoms with E-state index in [1.165, 1.54) is 43.6 Å². The average molecular weight is 259 g/mol. The van der Waals surface area contributed by atoms with Crippen LogP contribution in [0.4, 0.5) is 5.82 Å². The van der Waals surface area contributed by atoms with Gasteiger partial charge in [0.1, 0.15) is 5.82 Å². The van der Waals surface area contributed by atoms with E-state index in [2.05, 4.69) is 29.9 Å². The topological polar surface area (TPSA) is 29.9 Å². The third kappa shape index (κ3) is 1.73. The molecule has 1 N–H and O–H groups in total. The van der Waals surface area contributed by atoms with Gasteiger partial charge in [-0.2, -0.15) is 5.10 Å². The van der Waals surface area contributed by atoms with Crippen LogP contribution in [0.1, 0.15) is 63.6 Å². The summed E-state index contributed by atoms with van der Waals surface area (Å²) in [4.78, 5) is 0. The van der Waals surface area contributed by atoms with Crippen LogP contribution in [0.15, 0.2) is 6.07 Å². The fraction of sp³-hybridized carbons (Fsp3) is 0.812.